The summed E-state index contributed by atoms with van der Waals surface area (Å²) in [5.41, 5.74) is 4.29. The summed E-state index contributed by atoms with van der Waals surface area (Å²) >= 11 is 0. The van der Waals surface area contributed by atoms with Crippen LogP contribution in [0.25, 0.3) is 0 Å². The summed E-state index contributed by atoms with van der Waals surface area (Å²) in [6, 6.07) is 12.3. The quantitative estimate of drug-likeness (QED) is 0.540. The number of carbonyl (C=O) groups is 1. The van der Waals surface area contributed by atoms with Crippen LogP contribution in [0.1, 0.15) is 69.2 Å². The van der Waals surface area contributed by atoms with E-state index in [-0.39, 0.29) is 11.9 Å². The van der Waals surface area contributed by atoms with E-state index in [2.05, 4.69) is 23.5 Å². The highest BCUT2D eigenvalue weighted by Crippen LogP contribution is 2.28. The van der Waals surface area contributed by atoms with Gasteiger partial charge < -0.3 is 10.1 Å². The van der Waals surface area contributed by atoms with E-state index in [0.717, 1.165) is 31.1 Å². The third kappa shape index (κ3) is 6.08. The van der Waals surface area contributed by atoms with E-state index in [1.54, 1.807) is 24.3 Å². The molecule has 1 aliphatic rings. The highest BCUT2D eigenvalue weighted by Gasteiger charge is 2.32. The molecule has 0 spiro atoms. The molecule has 0 aromatic heterocycles. The highest BCUT2D eigenvalue weighted by atomic mass is 32.2. The summed E-state index contributed by atoms with van der Waals surface area (Å²) in [5.74, 6) is 0.368. The van der Waals surface area contributed by atoms with Crippen molar-refractivity contribution in [3.63, 3.8) is 0 Å². The van der Waals surface area contributed by atoms with E-state index in [0.29, 0.717) is 24.5 Å². The lowest BCUT2D eigenvalue weighted by atomic mass is 9.88. The fraction of sp³-hybridized carbons (Fsp3) is 0.500. The van der Waals surface area contributed by atoms with Crippen LogP contribution in [0.2, 0.25) is 0 Å². The van der Waals surface area contributed by atoms with Gasteiger partial charge in [-0.05, 0) is 86.4 Å². The second-order valence-electron chi connectivity index (χ2n) is 8.61. The lowest BCUT2D eigenvalue weighted by Crippen LogP contribution is -2.50. The maximum absolute atomic E-state index is 13.4. The molecule has 0 saturated carbocycles. The van der Waals surface area contributed by atoms with Crippen molar-refractivity contribution in [1.82, 2.24) is 5.32 Å². The number of sulfonamides is 1. The van der Waals surface area contributed by atoms with Gasteiger partial charge in [0.25, 0.3) is 0 Å². The Labute approximate surface area is 198 Å². The minimum Gasteiger partial charge on any atom is -0.494 e. The first kappa shape index (κ1) is 25.1. The number of aryl methyl sites for hydroxylation is 2. The van der Waals surface area contributed by atoms with Crippen LogP contribution >= 0.6 is 0 Å². The molecule has 0 unspecified atom stereocenters. The fourth-order valence-corrected chi connectivity index (χ4v) is 5.79. The van der Waals surface area contributed by atoms with Crippen molar-refractivity contribution < 1.29 is 17.9 Å². The SMILES string of the molecule is CCOc1ccc(N([C@@H](CC)C(=O)N[C@H](CC)c2ccc3c(c2)CCCC3)S(C)(=O)=O)cc1. The summed E-state index contributed by atoms with van der Waals surface area (Å²) in [5, 5.41) is 3.13. The lowest BCUT2D eigenvalue weighted by Gasteiger charge is -2.31. The standard InChI is InChI=1S/C26H36N2O4S/c1-5-24(21-13-12-19-10-8-9-11-20(19)18-21)27-26(29)25(6-2)28(33(4,30)31)22-14-16-23(17-15-22)32-7-3/h12-18,24-25H,5-11H2,1-4H3,(H,27,29)/t24-,25+/m1/s1. The number of ether oxygens (including phenoxy) is 1. The Kier molecular flexibility index (Phi) is 8.40. The number of fused-ring (bicyclic) bond motifs is 1. The molecule has 0 aliphatic heterocycles. The molecule has 7 heteroatoms. The first-order valence-electron chi connectivity index (χ1n) is 11.9. The zero-order chi connectivity index (χ0) is 24.0. The van der Waals surface area contributed by atoms with Crippen LogP contribution < -0.4 is 14.4 Å². The van der Waals surface area contributed by atoms with E-state index in [1.165, 1.54) is 28.3 Å². The minimum absolute atomic E-state index is 0.166. The molecule has 180 valence electrons. The van der Waals surface area contributed by atoms with E-state index >= 15 is 0 Å². The number of benzene rings is 2. The molecule has 1 amide bonds. The van der Waals surface area contributed by atoms with Gasteiger partial charge in [-0.15, -0.1) is 0 Å². The van der Waals surface area contributed by atoms with Gasteiger partial charge in [-0.3, -0.25) is 9.10 Å². The topological polar surface area (TPSA) is 75.7 Å². The number of carbonyl (C=O) groups excluding carboxylic acids is 1. The number of rotatable bonds is 10. The van der Waals surface area contributed by atoms with Gasteiger partial charge in [0.1, 0.15) is 11.8 Å². The summed E-state index contributed by atoms with van der Waals surface area (Å²) < 4.78 is 32.2. The maximum Gasteiger partial charge on any atom is 0.244 e. The van der Waals surface area contributed by atoms with E-state index in [1.807, 2.05) is 20.8 Å². The fourth-order valence-electron chi connectivity index (χ4n) is 4.58. The Bertz CT molecular complexity index is 1050. The zero-order valence-corrected chi connectivity index (χ0v) is 21.0. The predicted molar refractivity (Wildman–Crippen MR) is 133 cm³/mol. The van der Waals surface area contributed by atoms with Gasteiger partial charge in [-0.25, -0.2) is 8.42 Å². The molecule has 2 aromatic rings. The summed E-state index contributed by atoms with van der Waals surface area (Å²) in [4.78, 5) is 13.4. The number of nitrogens with one attached hydrogen (secondary N) is 1. The zero-order valence-electron chi connectivity index (χ0n) is 20.1. The number of anilines is 1. The molecular formula is C26H36N2O4S. The van der Waals surface area contributed by atoms with Gasteiger partial charge in [0.05, 0.1) is 24.6 Å². The monoisotopic (exact) mass is 472 g/mol. The molecule has 0 heterocycles. The Balaban J connectivity index is 1.85. The van der Waals surface area contributed by atoms with Crippen LogP contribution in [-0.4, -0.2) is 33.2 Å². The van der Waals surface area contributed by atoms with Crippen LogP contribution in [-0.2, 0) is 27.7 Å². The van der Waals surface area contributed by atoms with Gasteiger partial charge >= 0.3 is 0 Å². The maximum atomic E-state index is 13.4. The van der Waals surface area contributed by atoms with Crippen LogP contribution in [0.4, 0.5) is 5.69 Å². The Morgan fingerprint density at radius 2 is 1.67 bits per heavy atom. The van der Waals surface area contributed by atoms with Crippen LogP contribution in [0.5, 0.6) is 5.75 Å². The Morgan fingerprint density at radius 1 is 1.00 bits per heavy atom. The summed E-state index contributed by atoms with van der Waals surface area (Å²) in [7, 11) is -3.69. The number of nitrogens with zero attached hydrogens (tertiary/aromatic N) is 1. The van der Waals surface area contributed by atoms with Gasteiger partial charge in [-0.1, -0.05) is 32.0 Å². The van der Waals surface area contributed by atoms with Crippen molar-refractivity contribution in [1.29, 1.82) is 0 Å². The first-order valence-corrected chi connectivity index (χ1v) is 13.8. The molecule has 0 fully saturated rings. The van der Waals surface area contributed by atoms with Crippen molar-refractivity contribution in [2.75, 3.05) is 17.2 Å². The molecule has 1 N–H and O–H groups in total. The van der Waals surface area contributed by atoms with E-state index in [9.17, 15) is 13.2 Å². The van der Waals surface area contributed by atoms with E-state index in [4.69, 9.17) is 4.74 Å². The summed E-state index contributed by atoms with van der Waals surface area (Å²) in [6.07, 6.45) is 6.83. The van der Waals surface area contributed by atoms with Crippen LogP contribution in [0.15, 0.2) is 42.5 Å². The number of hydrogen-bond acceptors (Lipinski definition) is 4. The molecule has 2 aromatic carbocycles. The van der Waals surface area contributed by atoms with Crippen LogP contribution in [0.3, 0.4) is 0 Å². The largest absolute Gasteiger partial charge is 0.494 e. The number of hydrogen-bond donors (Lipinski definition) is 1. The van der Waals surface area contributed by atoms with Crippen molar-refractivity contribution in [2.24, 2.45) is 0 Å². The molecule has 6 nitrogen and oxygen atoms in total. The highest BCUT2D eigenvalue weighted by molar-refractivity contribution is 7.92. The Morgan fingerprint density at radius 3 is 2.24 bits per heavy atom. The van der Waals surface area contributed by atoms with Crippen LogP contribution in [0, 0.1) is 0 Å². The summed E-state index contributed by atoms with van der Waals surface area (Å²) in [6.45, 7) is 6.28. The predicted octanol–water partition coefficient (Wildman–Crippen LogP) is 4.78. The van der Waals surface area contributed by atoms with Gasteiger partial charge in [-0.2, -0.15) is 0 Å². The number of amides is 1. The minimum atomic E-state index is -3.69. The average Bonchev–Trinajstić information content (AvgIpc) is 2.80. The molecule has 1 aliphatic carbocycles. The average molecular weight is 473 g/mol. The third-order valence-electron chi connectivity index (χ3n) is 6.23. The van der Waals surface area contributed by atoms with Crippen molar-refractivity contribution in [2.45, 2.75) is 71.4 Å². The molecular weight excluding hydrogens is 436 g/mol. The normalized spacial score (nSPS) is 15.3. The second-order valence-corrected chi connectivity index (χ2v) is 10.5. The lowest BCUT2D eigenvalue weighted by molar-refractivity contribution is -0.123. The van der Waals surface area contributed by atoms with Crippen molar-refractivity contribution in [3.8, 4) is 5.75 Å². The smallest absolute Gasteiger partial charge is 0.244 e. The third-order valence-corrected chi connectivity index (χ3v) is 7.41. The van der Waals surface area contributed by atoms with Gasteiger partial charge in [0.2, 0.25) is 15.9 Å². The molecule has 0 radical (unpaired) electrons. The van der Waals surface area contributed by atoms with Crippen molar-refractivity contribution >= 4 is 21.6 Å². The Hall–Kier alpha value is -2.54. The molecule has 3 rings (SSSR count). The van der Waals surface area contributed by atoms with Gasteiger partial charge in [0, 0.05) is 0 Å². The molecule has 0 bridgehead atoms. The molecule has 33 heavy (non-hydrogen) atoms. The van der Waals surface area contributed by atoms with E-state index < -0.39 is 16.1 Å². The molecule has 0 saturated heterocycles. The first-order chi connectivity index (χ1) is 15.8. The van der Waals surface area contributed by atoms with Crippen molar-refractivity contribution in [3.05, 3.63) is 59.2 Å². The second kappa shape index (κ2) is 11.1. The van der Waals surface area contributed by atoms with Gasteiger partial charge in [0.15, 0.2) is 0 Å². The molecule has 2 atom stereocenters.